The second kappa shape index (κ2) is 5.33. The van der Waals surface area contributed by atoms with Gasteiger partial charge >= 0.3 is 11.3 Å². The summed E-state index contributed by atoms with van der Waals surface area (Å²) in [5.74, 6) is 0. The molecule has 0 fully saturated rings. The summed E-state index contributed by atoms with van der Waals surface area (Å²) in [6.07, 6.45) is 0. The lowest BCUT2D eigenvalue weighted by Crippen LogP contribution is -2.10. The molecule has 1 N–H and O–H groups in total. The lowest BCUT2D eigenvalue weighted by molar-refractivity contribution is -0.386. The van der Waals surface area contributed by atoms with Crippen LogP contribution in [0.3, 0.4) is 0 Å². The molecule has 0 aliphatic carbocycles. The molecule has 110 valence electrons. The Morgan fingerprint density at radius 2 is 1.77 bits per heavy atom. The molecule has 6 nitrogen and oxygen atoms in total. The van der Waals surface area contributed by atoms with Crippen molar-refractivity contribution < 1.29 is 9.34 Å². The number of rotatable bonds is 3. The van der Waals surface area contributed by atoms with E-state index in [9.17, 15) is 14.9 Å². The summed E-state index contributed by atoms with van der Waals surface area (Å²) < 4.78 is 5.03. The van der Waals surface area contributed by atoms with E-state index in [4.69, 9.17) is 4.42 Å². The van der Waals surface area contributed by atoms with Gasteiger partial charge in [-0.2, -0.15) is 0 Å². The van der Waals surface area contributed by atoms with Crippen molar-refractivity contribution in [1.29, 1.82) is 0 Å². The molecular weight excluding hydrogens is 284 g/mol. The molecule has 22 heavy (non-hydrogen) atoms. The van der Waals surface area contributed by atoms with Gasteiger partial charge in [0.25, 0.3) is 0 Å². The van der Waals surface area contributed by atoms with Gasteiger partial charge in [0.2, 0.25) is 0 Å². The zero-order chi connectivity index (χ0) is 15.7. The highest BCUT2D eigenvalue weighted by molar-refractivity contribution is 5.96. The summed E-state index contributed by atoms with van der Waals surface area (Å²) in [5, 5.41) is 14.8. The van der Waals surface area contributed by atoms with E-state index in [1.54, 1.807) is 30.3 Å². The number of nitro groups is 1. The molecule has 0 bridgehead atoms. The van der Waals surface area contributed by atoms with Crippen molar-refractivity contribution in [3.63, 3.8) is 0 Å². The fourth-order valence-electron chi connectivity index (χ4n) is 2.28. The summed E-state index contributed by atoms with van der Waals surface area (Å²) in [4.78, 5) is 22.5. The minimum Gasteiger partial charge on any atom is -0.418 e. The predicted octanol–water partition coefficient (Wildman–Crippen LogP) is 3.75. The van der Waals surface area contributed by atoms with Crippen LogP contribution >= 0.6 is 0 Å². The number of hydrogen-bond acceptors (Lipinski definition) is 5. The number of benzene rings is 2. The van der Waals surface area contributed by atoms with Crippen LogP contribution in [0, 0.1) is 17.0 Å². The maximum Gasteiger partial charge on any atom is 0.417 e. The minimum absolute atomic E-state index is 0.145. The van der Waals surface area contributed by atoms with Gasteiger partial charge in [-0.1, -0.05) is 30.3 Å². The molecule has 0 saturated carbocycles. The Bertz CT molecular complexity index is 931. The molecule has 0 spiro atoms. The fourth-order valence-corrected chi connectivity index (χ4v) is 2.28. The van der Waals surface area contributed by atoms with Crippen LogP contribution in [0.2, 0.25) is 0 Å². The van der Waals surface area contributed by atoms with Gasteiger partial charge in [-0.25, -0.2) is 4.79 Å². The zero-order valence-electron chi connectivity index (χ0n) is 11.7. The second-order valence-electron chi connectivity index (χ2n) is 4.81. The van der Waals surface area contributed by atoms with Crippen LogP contribution in [0.5, 0.6) is 0 Å². The predicted molar refractivity (Wildman–Crippen MR) is 83.6 cm³/mol. The van der Waals surface area contributed by atoms with Gasteiger partial charge in [0.15, 0.2) is 0 Å². The molecule has 6 heteroatoms. The van der Waals surface area contributed by atoms with E-state index in [0.717, 1.165) is 5.56 Å². The Balaban J connectivity index is 2.30. The molecule has 3 rings (SSSR count). The number of fused-ring (bicyclic) bond motifs is 1. The Hall–Kier alpha value is -3.15. The standard InChI is InChI=1S/C16H12N2O4/c1-10-6-2-4-8-12(10)17-14-11-7-3-5-9-13(11)22-16(19)15(14)18(20)21/h2-9,17H,1H3. The van der Waals surface area contributed by atoms with Gasteiger partial charge in [0.1, 0.15) is 11.3 Å². The van der Waals surface area contributed by atoms with E-state index < -0.39 is 16.2 Å². The molecule has 0 aliphatic rings. The van der Waals surface area contributed by atoms with Crippen molar-refractivity contribution in [2.45, 2.75) is 6.92 Å². The molecule has 0 radical (unpaired) electrons. The fraction of sp³-hybridized carbons (Fsp3) is 0.0625. The first-order chi connectivity index (χ1) is 10.6. The third-order valence-electron chi connectivity index (χ3n) is 3.38. The Labute approximate surface area is 125 Å². The lowest BCUT2D eigenvalue weighted by Gasteiger charge is -2.11. The molecule has 1 heterocycles. The second-order valence-corrected chi connectivity index (χ2v) is 4.81. The van der Waals surface area contributed by atoms with Gasteiger partial charge in [0, 0.05) is 11.1 Å². The van der Waals surface area contributed by atoms with Crippen LogP contribution in [0.25, 0.3) is 11.0 Å². The van der Waals surface area contributed by atoms with E-state index in [1.165, 1.54) is 0 Å². The average molecular weight is 296 g/mol. The number of nitrogens with one attached hydrogen (secondary N) is 1. The highest BCUT2D eigenvalue weighted by Crippen LogP contribution is 2.33. The Kier molecular flexibility index (Phi) is 3.34. The van der Waals surface area contributed by atoms with Crippen molar-refractivity contribution in [3.05, 3.63) is 74.6 Å². The Morgan fingerprint density at radius 1 is 1.09 bits per heavy atom. The monoisotopic (exact) mass is 296 g/mol. The highest BCUT2D eigenvalue weighted by Gasteiger charge is 2.24. The molecular formula is C16H12N2O4. The SMILES string of the molecule is Cc1ccccc1Nc1c([N+](=O)[O-])c(=O)oc2ccccc12. The van der Waals surface area contributed by atoms with Gasteiger partial charge in [-0.05, 0) is 30.7 Å². The van der Waals surface area contributed by atoms with Gasteiger partial charge in [0.05, 0.1) is 4.92 Å². The summed E-state index contributed by atoms with van der Waals surface area (Å²) in [6.45, 7) is 1.88. The van der Waals surface area contributed by atoms with Crippen molar-refractivity contribution in [3.8, 4) is 0 Å². The van der Waals surface area contributed by atoms with E-state index in [1.807, 2.05) is 25.1 Å². The van der Waals surface area contributed by atoms with Crippen LogP contribution in [0.1, 0.15) is 5.56 Å². The van der Waals surface area contributed by atoms with E-state index in [2.05, 4.69) is 5.32 Å². The van der Waals surface area contributed by atoms with Gasteiger partial charge in [-0.15, -0.1) is 0 Å². The number of aryl methyl sites for hydroxylation is 1. The molecule has 3 aromatic rings. The normalized spacial score (nSPS) is 10.6. The number of hydrogen-bond donors (Lipinski definition) is 1. The van der Waals surface area contributed by atoms with Crippen LogP contribution in [0.4, 0.5) is 17.1 Å². The molecule has 0 atom stereocenters. The molecule has 0 aliphatic heterocycles. The van der Waals surface area contributed by atoms with Crippen LogP contribution in [-0.4, -0.2) is 4.92 Å². The lowest BCUT2D eigenvalue weighted by atomic mass is 10.1. The van der Waals surface area contributed by atoms with Gasteiger partial charge < -0.3 is 9.73 Å². The first-order valence-electron chi connectivity index (χ1n) is 6.61. The largest absolute Gasteiger partial charge is 0.418 e. The van der Waals surface area contributed by atoms with E-state index in [0.29, 0.717) is 16.7 Å². The van der Waals surface area contributed by atoms with Crippen molar-refractivity contribution in [2.75, 3.05) is 5.32 Å². The van der Waals surface area contributed by atoms with Gasteiger partial charge in [-0.3, -0.25) is 10.1 Å². The summed E-state index contributed by atoms with van der Waals surface area (Å²) in [6, 6.07) is 14.1. The first-order valence-corrected chi connectivity index (χ1v) is 6.61. The number of anilines is 2. The smallest absolute Gasteiger partial charge is 0.417 e. The molecule has 0 amide bonds. The number of para-hydroxylation sites is 2. The molecule has 2 aromatic carbocycles. The first kappa shape index (κ1) is 13.8. The van der Waals surface area contributed by atoms with Crippen LogP contribution in [-0.2, 0) is 0 Å². The maximum absolute atomic E-state index is 11.9. The van der Waals surface area contributed by atoms with E-state index >= 15 is 0 Å². The summed E-state index contributed by atoms with van der Waals surface area (Å²) in [5.41, 5.74) is 0.484. The van der Waals surface area contributed by atoms with Crippen molar-refractivity contribution in [2.24, 2.45) is 0 Å². The maximum atomic E-state index is 11.9. The zero-order valence-corrected chi connectivity index (χ0v) is 11.7. The average Bonchev–Trinajstić information content (AvgIpc) is 2.49. The molecule has 1 aromatic heterocycles. The van der Waals surface area contributed by atoms with Crippen LogP contribution in [0.15, 0.2) is 57.7 Å². The quantitative estimate of drug-likeness (QED) is 0.452. The van der Waals surface area contributed by atoms with Crippen molar-refractivity contribution >= 4 is 28.0 Å². The van der Waals surface area contributed by atoms with Crippen LogP contribution < -0.4 is 10.9 Å². The van der Waals surface area contributed by atoms with Crippen molar-refractivity contribution in [1.82, 2.24) is 0 Å². The Morgan fingerprint density at radius 3 is 2.50 bits per heavy atom. The minimum atomic E-state index is -0.972. The van der Waals surface area contributed by atoms with E-state index in [-0.39, 0.29) is 5.69 Å². The third kappa shape index (κ3) is 2.31. The molecule has 0 unspecified atom stereocenters. The highest BCUT2D eigenvalue weighted by atomic mass is 16.6. The summed E-state index contributed by atoms with van der Waals surface area (Å²) >= 11 is 0. The summed E-state index contributed by atoms with van der Waals surface area (Å²) in [7, 11) is 0. The number of nitrogens with zero attached hydrogens (tertiary/aromatic N) is 1. The molecule has 0 saturated heterocycles. The third-order valence-corrected chi connectivity index (χ3v) is 3.38. The topological polar surface area (TPSA) is 85.4 Å².